The zero-order chi connectivity index (χ0) is 29.1. The number of unbranched alkanes of at least 4 members (excludes halogenated alkanes) is 12. The number of aliphatic hydroxyl groups is 1. The number of esters is 1. The predicted octanol–water partition coefficient (Wildman–Crippen LogP) is 6.60. The van der Waals surface area contributed by atoms with E-state index in [9.17, 15) is 14.7 Å². The first-order valence-electron chi connectivity index (χ1n) is 17.1. The Labute approximate surface area is 247 Å². The summed E-state index contributed by atoms with van der Waals surface area (Å²) in [5, 5.41) is 9.55. The standard InChI is InChI=1S/C33H65N3O4/c1-2-3-4-5-6-7-8-9-19-30-40-33(39)23-16-12-18-25-36(31-20-13-10-14-21-31)27-26-35(28-29-37)24-17-11-15-22-32(34)38/h31,37H,2-30H2,1H3,(H2,34,38). The lowest BCUT2D eigenvalue weighted by Crippen LogP contribution is -2.43. The number of rotatable bonds is 28. The highest BCUT2D eigenvalue weighted by molar-refractivity contribution is 5.73. The van der Waals surface area contributed by atoms with Crippen LogP contribution in [0, 0.1) is 0 Å². The molecule has 236 valence electrons. The second-order valence-electron chi connectivity index (χ2n) is 12.0. The van der Waals surface area contributed by atoms with Crippen molar-refractivity contribution in [1.82, 2.24) is 9.80 Å². The highest BCUT2D eigenvalue weighted by Gasteiger charge is 2.21. The molecule has 0 aromatic heterocycles. The number of primary amides is 1. The number of nitrogens with two attached hydrogens (primary N) is 1. The van der Waals surface area contributed by atoms with E-state index in [1.807, 2.05) is 0 Å². The highest BCUT2D eigenvalue weighted by atomic mass is 16.5. The van der Waals surface area contributed by atoms with Crippen molar-refractivity contribution in [2.75, 3.05) is 45.9 Å². The Hall–Kier alpha value is -1.18. The molecule has 0 aromatic rings. The number of hydrogen-bond acceptors (Lipinski definition) is 6. The second kappa shape index (κ2) is 26.7. The molecule has 0 bridgehead atoms. The molecule has 1 rings (SSSR count). The van der Waals surface area contributed by atoms with Crippen LogP contribution in [0.15, 0.2) is 0 Å². The van der Waals surface area contributed by atoms with Gasteiger partial charge in [0.2, 0.25) is 5.91 Å². The molecule has 0 atom stereocenters. The first-order chi connectivity index (χ1) is 19.6. The van der Waals surface area contributed by atoms with Gasteiger partial charge in [0, 0.05) is 38.5 Å². The Morgan fingerprint density at radius 2 is 1.30 bits per heavy atom. The summed E-state index contributed by atoms with van der Waals surface area (Å²) in [6, 6.07) is 0.668. The van der Waals surface area contributed by atoms with Crippen molar-refractivity contribution in [1.29, 1.82) is 0 Å². The van der Waals surface area contributed by atoms with E-state index in [-0.39, 0.29) is 18.5 Å². The molecule has 0 unspecified atom stereocenters. The van der Waals surface area contributed by atoms with Crippen LogP contribution in [0.4, 0.5) is 0 Å². The van der Waals surface area contributed by atoms with E-state index in [4.69, 9.17) is 10.5 Å². The van der Waals surface area contributed by atoms with E-state index in [2.05, 4.69) is 16.7 Å². The maximum Gasteiger partial charge on any atom is 0.305 e. The van der Waals surface area contributed by atoms with Crippen LogP contribution in [-0.2, 0) is 14.3 Å². The summed E-state index contributed by atoms with van der Waals surface area (Å²) in [5.74, 6) is -0.250. The van der Waals surface area contributed by atoms with Crippen molar-refractivity contribution < 1.29 is 19.4 Å². The monoisotopic (exact) mass is 567 g/mol. The molecule has 0 aromatic carbocycles. The van der Waals surface area contributed by atoms with Crippen LogP contribution >= 0.6 is 0 Å². The number of ether oxygens (including phenoxy) is 1. The fourth-order valence-corrected chi connectivity index (χ4v) is 5.91. The maximum absolute atomic E-state index is 12.1. The van der Waals surface area contributed by atoms with Gasteiger partial charge in [-0.2, -0.15) is 0 Å². The molecule has 1 fully saturated rings. The van der Waals surface area contributed by atoms with Gasteiger partial charge in [-0.3, -0.25) is 19.4 Å². The van der Waals surface area contributed by atoms with E-state index in [0.29, 0.717) is 32.0 Å². The van der Waals surface area contributed by atoms with Crippen LogP contribution < -0.4 is 5.73 Å². The van der Waals surface area contributed by atoms with Crippen LogP contribution in [0.2, 0.25) is 0 Å². The van der Waals surface area contributed by atoms with E-state index in [1.54, 1.807) is 0 Å². The average Bonchev–Trinajstić information content (AvgIpc) is 2.95. The molecule has 0 radical (unpaired) electrons. The van der Waals surface area contributed by atoms with Crippen molar-refractivity contribution in [3.8, 4) is 0 Å². The third kappa shape index (κ3) is 21.6. The van der Waals surface area contributed by atoms with Crippen LogP contribution in [-0.4, -0.2) is 78.8 Å². The van der Waals surface area contributed by atoms with E-state index >= 15 is 0 Å². The number of aliphatic hydroxyl groups excluding tert-OH is 1. The average molecular weight is 568 g/mol. The Balaban J connectivity index is 2.21. The fraction of sp³-hybridized carbons (Fsp3) is 0.939. The molecule has 0 saturated heterocycles. The number of carbonyl (C=O) groups is 2. The summed E-state index contributed by atoms with van der Waals surface area (Å²) in [7, 11) is 0. The van der Waals surface area contributed by atoms with E-state index in [1.165, 1.54) is 83.5 Å². The van der Waals surface area contributed by atoms with Gasteiger partial charge >= 0.3 is 5.97 Å². The predicted molar refractivity (Wildman–Crippen MR) is 166 cm³/mol. The minimum Gasteiger partial charge on any atom is -0.466 e. The van der Waals surface area contributed by atoms with Crippen molar-refractivity contribution in [2.45, 2.75) is 154 Å². The molecule has 1 aliphatic rings. The lowest BCUT2D eigenvalue weighted by Gasteiger charge is -2.36. The molecule has 7 nitrogen and oxygen atoms in total. The molecule has 3 N–H and O–H groups in total. The summed E-state index contributed by atoms with van der Waals surface area (Å²) in [6.07, 6.45) is 25.1. The van der Waals surface area contributed by atoms with Crippen molar-refractivity contribution in [2.24, 2.45) is 5.73 Å². The van der Waals surface area contributed by atoms with Crippen LogP contribution in [0.5, 0.6) is 0 Å². The number of carbonyl (C=O) groups excluding carboxylic acids is 2. The van der Waals surface area contributed by atoms with Crippen molar-refractivity contribution in [3.05, 3.63) is 0 Å². The minimum absolute atomic E-state index is 0.0285. The summed E-state index contributed by atoms with van der Waals surface area (Å²) in [5.41, 5.74) is 5.25. The third-order valence-corrected chi connectivity index (χ3v) is 8.45. The Morgan fingerprint density at radius 3 is 1.95 bits per heavy atom. The number of nitrogens with zero attached hydrogens (tertiary/aromatic N) is 2. The van der Waals surface area contributed by atoms with Gasteiger partial charge in [-0.05, 0) is 58.0 Å². The third-order valence-electron chi connectivity index (χ3n) is 8.45. The zero-order valence-electron chi connectivity index (χ0n) is 26.2. The Kier molecular flexibility index (Phi) is 24.6. The maximum atomic E-state index is 12.1. The molecule has 1 aliphatic carbocycles. The molecular formula is C33H65N3O4. The number of hydrogen-bond donors (Lipinski definition) is 2. The lowest BCUT2D eigenvalue weighted by molar-refractivity contribution is -0.143. The van der Waals surface area contributed by atoms with Gasteiger partial charge < -0.3 is 15.6 Å². The minimum atomic E-state index is -0.221. The smallest absolute Gasteiger partial charge is 0.305 e. The molecule has 40 heavy (non-hydrogen) atoms. The normalized spacial score (nSPS) is 14.3. The van der Waals surface area contributed by atoms with Gasteiger partial charge in [0.05, 0.1) is 13.2 Å². The first kappa shape index (κ1) is 36.8. The van der Waals surface area contributed by atoms with E-state index in [0.717, 1.165) is 71.1 Å². The molecule has 1 saturated carbocycles. The highest BCUT2D eigenvalue weighted by Crippen LogP contribution is 2.23. The van der Waals surface area contributed by atoms with Crippen LogP contribution in [0.1, 0.15) is 148 Å². The Bertz CT molecular complexity index is 598. The molecule has 0 heterocycles. The van der Waals surface area contributed by atoms with E-state index < -0.39 is 0 Å². The van der Waals surface area contributed by atoms with Gasteiger partial charge in [0.25, 0.3) is 0 Å². The largest absolute Gasteiger partial charge is 0.466 e. The molecule has 7 heteroatoms. The molecule has 1 amide bonds. The Morgan fingerprint density at radius 1 is 0.700 bits per heavy atom. The van der Waals surface area contributed by atoms with Crippen LogP contribution in [0.25, 0.3) is 0 Å². The SMILES string of the molecule is CCCCCCCCCCCOC(=O)CCCCCN(CCN(CCO)CCCCCC(N)=O)C1CCCCC1. The lowest BCUT2D eigenvalue weighted by atomic mass is 9.94. The summed E-state index contributed by atoms with van der Waals surface area (Å²) < 4.78 is 5.47. The second-order valence-corrected chi connectivity index (χ2v) is 12.0. The topological polar surface area (TPSA) is 96.1 Å². The van der Waals surface area contributed by atoms with Gasteiger partial charge in [0.1, 0.15) is 0 Å². The summed E-state index contributed by atoms with van der Waals surface area (Å²) >= 11 is 0. The summed E-state index contributed by atoms with van der Waals surface area (Å²) in [4.78, 5) is 28.1. The fourth-order valence-electron chi connectivity index (χ4n) is 5.91. The van der Waals surface area contributed by atoms with Crippen molar-refractivity contribution >= 4 is 11.9 Å². The van der Waals surface area contributed by atoms with Gasteiger partial charge in [-0.25, -0.2) is 0 Å². The quantitative estimate of drug-likeness (QED) is 0.0817. The number of amides is 1. The first-order valence-corrected chi connectivity index (χ1v) is 17.1. The molecule has 0 aliphatic heterocycles. The zero-order valence-corrected chi connectivity index (χ0v) is 26.2. The van der Waals surface area contributed by atoms with Gasteiger partial charge in [-0.15, -0.1) is 0 Å². The molecular weight excluding hydrogens is 502 g/mol. The van der Waals surface area contributed by atoms with Gasteiger partial charge in [0.15, 0.2) is 0 Å². The van der Waals surface area contributed by atoms with Crippen molar-refractivity contribution in [3.63, 3.8) is 0 Å². The van der Waals surface area contributed by atoms with Gasteiger partial charge in [-0.1, -0.05) is 90.4 Å². The van der Waals surface area contributed by atoms with Crippen LogP contribution in [0.3, 0.4) is 0 Å². The summed E-state index contributed by atoms with van der Waals surface area (Å²) in [6.45, 7) is 7.77. The molecule has 0 spiro atoms.